The van der Waals surface area contributed by atoms with Crippen LogP contribution in [0.3, 0.4) is 0 Å². The molecule has 0 aliphatic carbocycles. The van der Waals surface area contributed by atoms with Crippen LogP contribution in [0.25, 0.3) is 10.8 Å². The number of phenols is 1. The molecule has 0 saturated heterocycles. The largest absolute Gasteiger partial charge is 0.507 e. The third-order valence-electron chi connectivity index (χ3n) is 2.62. The molecule has 0 atom stereocenters. The smallest absolute Gasteiger partial charge is 0.294 e. The number of benzene rings is 2. The lowest BCUT2D eigenvalue weighted by Gasteiger charge is -2.20. The summed E-state index contributed by atoms with van der Waals surface area (Å²) in [7, 11) is -8.61. The van der Waals surface area contributed by atoms with Gasteiger partial charge in [-0.1, -0.05) is 0 Å². The molecule has 0 saturated carbocycles. The van der Waals surface area contributed by atoms with E-state index in [1.54, 1.807) is 0 Å². The molecule has 0 radical (unpaired) electrons. The van der Waals surface area contributed by atoms with Crippen LogP contribution in [0.5, 0.6) is 5.75 Å². The number of rotatable bonds is 2. The number of aromatic hydroxyl groups is 1. The number of anilines is 1. The maximum absolute atomic E-state index is 11.1. The average molecular weight is 321 g/mol. The molecule has 2 aromatic rings. The summed E-state index contributed by atoms with van der Waals surface area (Å²) >= 11 is 0. The second kappa shape index (κ2) is 4.48. The van der Waals surface area contributed by atoms with Crippen LogP contribution >= 0.6 is 10.9 Å². The van der Waals surface area contributed by atoms with Crippen molar-refractivity contribution in [3.8, 4) is 5.75 Å². The number of hydrogen-bond donors (Lipinski definition) is 6. The zero-order valence-corrected chi connectivity index (χ0v) is 11.4. The Morgan fingerprint density at radius 2 is 1.45 bits per heavy atom. The normalized spacial score (nSPS) is 13.6. The van der Waals surface area contributed by atoms with Crippen LogP contribution in [-0.4, -0.2) is 31.7 Å². The highest BCUT2D eigenvalue weighted by atomic mass is 32.3. The topological polar surface area (TPSA) is 161 Å². The summed E-state index contributed by atoms with van der Waals surface area (Å²) in [6.45, 7) is 0. The van der Waals surface area contributed by atoms with Crippen molar-refractivity contribution in [3.63, 3.8) is 0 Å². The predicted molar refractivity (Wildman–Crippen MR) is 73.6 cm³/mol. The highest BCUT2D eigenvalue weighted by Gasteiger charge is 2.20. The van der Waals surface area contributed by atoms with Gasteiger partial charge in [-0.15, -0.1) is 0 Å². The Kier molecular flexibility index (Phi) is 3.32. The van der Waals surface area contributed by atoms with Gasteiger partial charge in [0.1, 0.15) is 16.6 Å². The average Bonchev–Trinajstić information content (AvgIpc) is 2.25. The van der Waals surface area contributed by atoms with Gasteiger partial charge in [-0.2, -0.15) is 8.42 Å². The van der Waals surface area contributed by atoms with Gasteiger partial charge in [0.25, 0.3) is 10.1 Å². The van der Waals surface area contributed by atoms with Gasteiger partial charge >= 0.3 is 0 Å². The second-order valence-electron chi connectivity index (χ2n) is 4.05. The molecule has 2 aromatic carbocycles. The van der Waals surface area contributed by atoms with Crippen LogP contribution in [0.1, 0.15) is 0 Å². The van der Waals surface area contributed by atoms with Gasteiger partial charge in [-0.05, 0) is 23.6 Å². The Labute approximate surface area is 115 Å². The highest BCUT2D eigenvalue weighted by Crippen LogP contribution is 2.47. The molecule has 0 aromatic heterocycles. The monoisotopic (exact) mass is 321 g/mol. The molecule has 0 fully saturated rings. The SMILES string of the molecule is Nc1cc(S(O)(O)O)cc2cc(S(=O)(=O)O)cc(O)c12. The van der Waals surface area contributed by atoms with E-state index in [9.17, 15) is 27.2 Å². The quantitative estimate of drug-likeness (QED) is 0.361. The van der Waals surface area contributed by atoms with E-state index in [0.717, 1.165) is 24.3 Å². The minimum Gasteiger partial charge on any atom is -0.507 e. The first-order valence-corrected chi connectivity index (χ1v) is 7.99. The molecule has 2 rings (SSSR count). The Morgan fingerprint density at radius 3 is 1.95 bits per heavy atom. The number of nitrogens with two attached hydrogens (primary N) is 1. The number of fused-ring (bicyclic) bond motifs is 1. The molecule has 0 amide bonds. The Balaban J connectivity index is 2.88. The van der Waals surface area contributed by atoms with Crippen molar-refractivity contribution < 1.29 is 31.7 Å². The van der Waals surface area contributed by atoms with E-state index in [0.29, 0.717) is 0 Å². The third kappa shape index (κ3) is 2.65. The van der Waals surface area contributed by atoms with Crippen molar-refractivity contribution >= 4 is 37.4 Å². The van der Waals surface area contributed by atoms with Crippen LogP contribution in [0.15, 0.2) is 34.1 Å². The Morgan fingerprint density at radius 1 is 0.900 bits per heavy atom. The maximum atomic E-state index is 11.1. The van der Waals surface area contributed by atoms with Crippen LogP contribution in [0.2, 0.25) is 0 Å². The van der Waals surface area contributed by atoms with Gasteiger partial charge in [0.05, 0.1) is 9.79 Å². The summed E-state index contributed by atoms with van der Waals surface area (Å²) in [5, 5.41) is 9.83. The van der Waals surface area contributed by atoms with Crippen molar-refractivity contribution in [2.75, 3.05) is 5.73 Å². The van der Waals surface area contributed by atoms with E-state index in [1.807, 2.05) is 0 Å². The lowest BCUT2D eigenvalue weighted by Crippen LogP contribution is -2.01. The zero-order chi connectivity index (χ0) is 15.3. The molecule has 0 heterocycles. The number of hydrogen-bond acceptors (Lipinski definition) is 7. The molecule has 8 nitrogen and oxygen atoms in total. The fourth-order valence-corrected chi connectivity index (χ4v) is 2.88. The zero-order valence-electron chi connectivity index (χ0n) is 9.76. The summed E-state index contributed by atoms with van der Waals surface area (Å²) in [6.07, 6.45) is 0. The van der Waals surface area contributed by atoms with Crippen molar-refractivity contribution in [2.45, 2.75) is 9.79 Å². The lowest BCUT2D eigenvalue weighted by atomic mass is 10.1. The third-order valence-corrected chi connectivity index (χ3v) is 4.32. The first-order chi connectivity index (χ1) is 9.00. The van der Waals surface area contributed by atoms with Crippen LogP contribution in [-0.2, 0) is 10.1 Å². The molecule has 0 aliphatic rings. The van der Waals surface area contributed by atoms with Gasteiger partial charge in [0, 0.05) is 17.1 Å². The van der Waals surface area contributed by atoms with Gasteiger partial charge in [-0.25, -0.2) is 0 Å². The molecule has 110 valence electrons. The predicted octanol–water partition coefficient (Wildman–Crippen LogP) is 1.96. The minimum atomic E-state index is -4.56. The number of nitrogen functional groups attached to an aromatic ring is 1. The van der Waals surface area contributed by atoms with Gasteiger partial charge in [0.15, 0.2) is 0 Å². The van der Waals surface area contributed by atoms with E-state index in [-0.39, 0.29) is 21.4 Å². The Bertz CT molecular complexity index is 795. The molecular weight excluding hydrogens is 310 g/mol. The molecular formula is C10H11NO7S2. The van der Waals surface area contributed by atoms with Crippen molar-refractivity contribution in [1.29, 1.82) is 0 Å². The van der Waals surface area contributed by atoms with Crippen molar-refractivity contribution in [2.24, 2.45) is 0 Å². The van der Waals surface area contributed by atoms with Gasteiger partial charge < -0.3 is 24.5 Å². The summed E-state index contributed by atoms with van der Waals surface area (Å²) in [5.74, 6) is -0.506. The summed E-state index contributed by atoms with van der Waals surface area (Å²) in [6, 6.07) is 3.89. The molecule has 0 unspecified atom stereocenters. The minimum absolute atomic E-state index is 0.0154. The van der Waals surface area contributed by atoms with E-state index in [2.05, 4.69) is 0 Å². The van der Waals surface area contributed by atoms with E-state index in [1.165, 1.54) is 0 Å². The van der Waals surface area contributed by atoms with Crippen LogP contribution in [0.4, 0.5) is 5.69 Å². The lowest BCUT2D eigenvalue weighted by molar-refractivity contribution is 0.376. The van der Waals surface area contributed by atoms with Gasteiger partial charge in [0.2, 0.25) is 0 Å². The maximum Gasteiger partial charge on any atom is 0.294 e. The van der Waals surface area contributed by atoms with E-state index in [4.69, 9.17) is 10.3 Å². The fourth-order valence-electron chi connectivity index (χ4n) is 1.78. The van der Waals surface area contributed by atoms with Gasteiger partial charge in [-0.3, -0.25) is 4.55 Å². The second-order valence-corrected chi connectivity index (χ2v) is 6.98. The number of phenolic OH excluding ortho intramolecular Hbond substituents is 1. The molecule has 7 N–H and O–H groups in total. The fraction of sp³-hybridized carbons (Fsp3) is 0. The molecule has 10 heteroatoms. The first kappa shape index (κ1) is 14.8. The van der Waals surface area contributed by atoms with Crippen molar-refractivity contribution in [1.82, 2.24) is 0 Å². The highest BCUT2D eigenvalue weighted by molar-refractivity contribution is 8.19. The van der Waals surface area contributed by atoms with E-state index < -0.39 is 31.6 Å². The standard InChI is InChI=1S/C10H11NO7S2/c11-8-3-6(19(13,14)15)1-5-2-7(20(16,17)18)4-9(12)10(5)8/h1-4,12-15H,11H2,(H,16,17,18). The summed E-state index contributed by atoms with van der Waals surface area (Å²) < 4.78 is 58.6. The molecule has 20 heavy (non-hydrogen) atoms. The summed E-state index contributed by atoms with van der Waals surface area (Å²) in [5.41, 5.74) is 5.53. The van der Waals surface area contributed by atoms with Crippen LogP contribution < -0.4 is 5.73 Å². The molecule has 0 aliphatic heterocycles. The van der Waals surface area contributed by atoms with E-state index >= 15 is 0 Å². The molecule has 0 bridgehead atoms. The Hall–Kier alpha value is -1.56. The van der Waals surface area contributed by atoms with Crippen molar-refractivity contribution in [3.05, 3.63) is 24.3 Å². The first-order valence-electron chi connectivity index (χ1n) is 5.04. The van der Waals surface area contributed by atoms with Crippen LogP contribution in [0, 0.1) is 0 Å². The molecule has 0 spiro atoms. The summed E-state index contributed by atoms with van der Waals surface area (Å²) in [4.78, 5) is -0.928.